The van der Waals surface area contributed by atoms with E-state index in [-0.39, 0.29) is 64.2 Å². The number of hydrogen-bond acceptors (Lipinski definition) is 14. The van der Waals surface area contributed by atoms with Gasteiger partial charge in [-0.15, -0.1) is 10.2 Å². The van der Waals surface area contributed by atoms with Gasteiger partial charge in [0.2, 0.25) is 5.28 Å². The molecule has 0 bridgehead atoms. The largest absolute Gasteiger partial charge is 0.495 e. The summed E-state index contributed by atoms with van der Waals surface area (Å²) < 4.78 is 26.9. The Bertz CT molecular complexity index is 3120. The monoisotopic (exact) mass is 1230 g/mol. The molecule has 6 aromatic heterocycles. The number of H-pyrrole nitrogens is 2. The third-order valence-corrected chi connectivity index (χ3v) is 13.8. The van der Waals surface area contributed by atoms with Crippen molar-refractivity contribution in [2.24, 2.45) is 14.1 Å². The molecule has 0 radical (unpaired) electrons. The van der Waals surface area contributed by atoms with Crippen LogP contribution in [0.2, 0.25) is 5.28 Å². The van der Waals surface area contributed by atoms with Crippen LogP contribution in [0.4, 0.5) is 11.6 Å². The number of aromatic nitrogens is 12. The fourth-order valence-electron chi connectivity index (χ4n) is 9.26. The molecular weight excluding hydrogens is 1150 g/mol. The Morgan fingerprint density at radius 1 is 0.632 bits per heavy atom. The molecular formula is C55H77BClN14O4W-. The molecule has 2 atom stereocenters. The number of aromatic amines is 2. The molecule has 21 heteroatoms. The molecule has 18 nitrogen and oxygen atoms in total. The van der Waals surface area contributed by atoms with Crippen LogP contribution in [0, 0.1) is 35.1 Å². The number of fused-ring (bicyclic) bond motifs is 2. The maximum atomic E-state index is 6.15. The van der Waals surface area contributed by atoms with Crippen LogP contribution >= 0.6 is 11.6 Å². The van der Waals surface area contributed by atoms with Gasteiger partial charge in [0.25, 0.3) is 0 Å². The summed E-state index contributed by atoms with van der Waals surface area (Å²) in [6.45, 7) is 33.0. The zero-order chi connectivity index (χ0) is 53.6. The maximum Gasteiger partial charge on any atom is 0.495 e. The van der Waals surface area contributed by atoms with Gasteiger partial charge in [0.05, 0.1) is 72.5 Å². The standard InChI is InChI=1S/C22H25N7O.C15H20BNO2.C13H17ClN6O.2C2H6.CH3.W/c1-13-9-17(16-5-6-23-18(16)10-13)22-24-19(21-15(3)26-27-28(21)4)11-20(25-22)29-7-8-30-12-14(29)2;1-10-8-12(11-6-7-17-13(11)9-10)16-18-14(2,3)15(4,5)19-16;1-8-7-21-5-4-20(8)11-6-10(15-13(14)16-11)12-9(2)17-18-19(12)3;2*1-2;;/h5-6,9-11,14,23H,7-8,12H2,1-4H3;6-9,17H,1-5H3;6,8H,4-5,7H2,1-3H3;2*1-2H3;1H3;/q;;;;;-1;/t14-;;8-;;;;/m1.1..../s1. The van der Waals surface area contributed by atoms with Gasteiger partial charge in [0.1, 0.15) is 23.0 Å². The van der Waals surface area contributed by atoms with E-state index in [2.05, 4.69) is 142 Å². The number of morpholine rings is 2. The number of halogens is 1. The minimum absolute atomic E-state index is 0. The topological polar surface area (TPSA) is 188 Å². The Labute approximate surface area is 468 Å². The second-order valence-electron chi connectivity index (χ2n) is 19.5. The number of hydrogen-bond donors (Lipinski definition) is 2. The molecule has 9 heterocycles. The fourth-order valence-corrected chi connectivity index (χ4v) is 9.44. The third kappa shape index (κ3) is 13.2. The number of ether oxygens (including phenoxy) is 2. The summed E-state index contributed by atoms with van der Waals surface area (Å²) in [5, 5.41) is 19.0. The first kappa shape index (κ1) is 61.3. The van der Waals surface area contributed by atoms with Crippen molar-refractivity contribution in [2.75, 3.05) is 49.3 Å². The number of aryl methyl sites for hydroxylation is 6. The minimum Gasteiger partial charge on any atom is -0.399 e. The number of rotatable bonds is 6. The van der Waals surface area contributed by atoms with Gasteiger partial charge in [0, 0.05) is 94.8 Å². The van der Waals surface area contributed by atoms with Gasteiger partial charge >= 0.3 is 7.12 Å². The Morgan fingerprint density at radius 3 is 1.58 bits per heavy atom. The quantitative estimate of drug-likeness (QED) is 0.0909. The third-order valence-electron chi connectivity index (χ3n) is 13.6. The first-order chi connectivity index (χ1) is 35.4. The van der Waals surface area contributed by atoms with Gasteiger partial charge < -0.3 is 46.0 Å². The van der Waals surface area contributed by atoms with Gasteiger partial charge in [-0.3, -0.25) is 0 Å². The molecule has 76 heavy (non-hydrogen) atoms. The second-order valence-corrected chi connectivity index (χ2v) is 19.8. The van der Waals surface area contributed by atoms with Gasteiger partial charge in [-0.05, 0) is 133 Å². The van der Waals surface area contributed by atoms with Crippen molar-refractivity contribution in [3.63, 3.8) is 0 Å². The van der Waals surface area contributed by atoms with Crippen LogP contribution < -0.4 is 15.3 Å². The Hall–Kier alpha value is -5.56. The molecule has 3 saturated heterocycles. The van der Waals surface area contributed by atoms with E-state index >= 15 is 0 Å². The average molecular weight is 1230 g/mol. The summed E-state index contributed by atoms with van der Waals surface area (Å²) in [6.07, 6.45) is 3.91. The molecule has 0 amide bonds. The molecule has 2 aromatic carbocycles. The van der Waals surface area contributed by atoms with Crippen molar-refractivity contribution in [3.05, 3.63) is 96.1 Å². The van der Waals surface area contributed by atoms with E-state index in [0.717, 1.165) is 91.9 Å². The molecule has 408 valence electrons. The van der Waals surface area contributed by atoms with Crippen LogP contribution in [0.1, 0.15) is 91.8 Å². The van der Waals surface area contributed by atoms with Gasteiger partial charge in [-0.1, -0.05) is 44.2 Å². The second kappa shape index (κ2) is 26.2. The normalized spacial score (nSPS) is 17.5. The van der Waals surface area contributed by atoms with Crippen molar-refractivity contribution in [1.29, 1.82) is 0 Å². The Morgan fingerprint density at radius 2 is 1.09 bits per heavy atom. The maximum absolute atomic E-state index is 6.15. The van der Waals surface area contributed by atoms with E-state index in [1.807, 2.05) is 80.2 Å². The number of benzene rings is 2. The summed E-state index contributed by atoms with van der Waals surface area (Å²) >= 11 is 6.11. The first-order valence-electron chi connectivity index (χ1n) is 25.7. The molecule has 3 fully saturated rings. The molecule has 11 rings (SSSR count). The number of nitrogens with zero attached hydrogens (tertiary/aromatic N) is 12. The van der Waals surface area contributed by atoms with E-state index in [9.17, 15) is 0 Å². The van der Waals surface area contributed by atoms with Crippen molar-refractivity contribution < 1.29 is 39.8 Å². The molecule has 3 aliphatic heterocycles. The van der Waals surface area contributed by atoms with Crippen LogP contribution in [-0.4, -0.2) is 130 Å². The van der Waals surface area contributed by atoms with E-state index in [1.165, 1.54) is 10.9 Å². The van der Waals surface area contributed by atoms with Gasteiger partial charge in [-0.2, -0.15) is 0 Å². The van der Waals surface area contributed by atoms with E-state index in [0.29, 0.717) is 32.3 Å². The molecule has 0 spiro atoms. The fraction of sp³-hybridized carbons (Fsp3) is 0.473. The van der Waals surface area contributed by atoms with Crippen LogP contribution in [0.25, 0.3) is 56.0 Å². The summed E-state index contributed by atoms with van der Waals surface area (Å²) in [4.78, 5) is 29.7. The summed E-state index contributed by atoms with van der Waals surface area (Å²) in [7, 11) is 3.43. The van der Waals surface area contributed by atoms with Crippen LogP contribution in [0.5, 0.6) is 0 Å². The molecule has 2 N–H and O–H groups in total. The summed E-state index contributed by atoms with van der Waals surface area (Å²) in [5.41, 5.74) is 11.1. The van der Waals surface area contributed by atoms with Crippen molar-refractivity contribution in [1.82, 2.24) is 59.9 Å². The zero-order valence-corrected chi connectivity index (χ0v) is 51.2. The van der Waals surface area contributed by atoms with Crippen LogP contribution in [0.3, 0.4) is 0 Å². The zero-order valence-electron chi connectivity index (χ0n) is 47.5. The minimum atomic E-state index is -0.303. The smallest absolute Gasteiger partial charge is 0.399 e. The predicted molar refractivity (Wildman–Crippen MR) is 304 cm³/mol. The number of anilines is 2. The predicted octanol–water partition coefficient (Wildman–Crippen LogP) is 10.00. The molecule has 0 unspecified atom stereocenters. The van der Waals surface area contributed by atoms with Crippen molar-refractivity contribution >= 4 is 57.6 Å². The molecule has 3 aliphatic rings. The molecule has 0 saturated carbocycles. The van der Waals surface area contributed by atoms with Crippen LogP contribution in [0.15, 0.2) is 60.9 Å². The Balaban J connectivity index is 0.000000207. The summed E-state index contributed by atoms with van der Waals surface area (Å²) in [5.74, 6) is 2.41. The van der Waals surface area contributed by atoms with E-state index in [1.54, 1.807) is 9.36 Å². The van der Waals surface area contributed by atoms with Gasteiger partial charge in [-0.25, -0.2) is 29.3 Å². The van der Waals surface area contributed by atoms with Gasteiger partial charge in [0.15, 0.2) is 5.82 Å². The van der Waals surface area contributed by atoms with Crippen molar-refractivity contribution in [3.8, 4) is 34.2 Å². The number of nitrogens with one attached hydrogen (secondary N) is 2. The van der Waals surface area contributed by atoms with E-state index in [4.69, 9.17) is 40.4 Å². The van der Waals surface area contributed by atoms with Crippen LogP contribution in [-0.2, 0) is 53.9 Å². The Kier molecular flexibility index (Phi) is 21.1. The SMILES string of the molecule is CC.CC.Cc1cc(-c2nc(-c3c(C)nnn3C)cc(N3CCOC[C@H]3C)n2)c2cc[nH]c2c1.Cc1cc(B2OC(C)(C)C(C)(C)O2)c2cc[nH]c2c1.Cc1nnn(C)c1-c1cc(N2CCOC[C@H]2C)nc(Cl)n1.[CH3-].[W]. The average Bonchev–Trinajstić information content (AvgIpc) is 4.22. The first-order valence-corrected chi connectivity index (χ1v) is 26.1. The molecule has 0 aliphatic carbocycles. The van der Waals surface area contributed by atoms with Crippen molar-refractivity contribution in [2.45, 2.75) is 120 Å². The summed E-state index contributed by atoms with van der Waals surface area (Å²) in [6, 6.07) is 17.2. The van der Waals surface area contributed by atoms with E-state index < -0.39 is 0 Å². The molecule has 8 aromatic rings.